The number of hydrogen-bond donors (Lipinski definition) is 1. The molecule has 0 radical (unpaired) electrons. The molecule has 0 aliphatic heterocycles. The van der Waals surface area contributed by atoms with E-state index < -0.39 is 0 Å². The Balaban J connectivity index is 2.40. The Kier molecular flexibility index (Phi) is 5.58. The van der Waals surface area contributed by atoms with E-state index in [2.05, 4.69) is 11.9 Å². The Morgan fingerprint density at radius 1 is 1.40 bits per heavy atom. The van der Waals surface area contributed by atoms with E-state index in [1.807, 2.05) is 24.3 Å². The highest BCUT2D eigenvalue weighted by atomic mass is 35.5. The van der Waals surface area contributed by atoms with Gasteiger partial charge in [-0.15, -0.1) is 11.8 Å². The Bertz CT molecular complexity index is 322. The van der Waals surface area contributed by atoms with Gasteiger partial charge in [0.15, 0.2) is 0 Å². The summed E-state index contributed by atoms with van der Waals surface area (Å²) in [6.45, 7) is 2.90. The molecular weight excluding hydrogens is 228 g/mol. The third-order valence-corrected chi connectivity index (χ3v) is 3.04. The molecule has 0 aliphatic carbocycles. The van der Waals surface area contributed by atoms with Crippen molar-refractivity contribution in [2.24, 2.45) is 10.7 Å². The maximum Gasteiger partial charge on any atom is 0.104 e. The van der Waals surface area contributed by atoms with E-state index in [4.69, 9.17) is 17.3 Å². The van der Waals surface area contributed by atoms with Crippen LogP contribution in [-0.4, -0.2) is 18.1 Å². The molecule has 4 heteroatoms. The van der Waals surface area contributed by atoms with E-state index in [1.165, 1.54) is 0 Å². The van der Waals surface area contributed by atoms with Gasteiger partial charge < -0.3 is 5.73 Å². The summed E-state index contributed by atoms with van der Waals surface area (Å²) in [6, 6.07) is 7.73. The van der Waals surface area contributed by atoms with Crippen molar-refractivity contribution in [3.05, 3.63) is 29.3 Å². The second-order valence-electron chi connectivity index (χ2n) is 3.12. The fourth-order valence-electron chi connectivity index (χ4n) is 0.989. The molecule has 0 atom stereocenters. The van der Waals surface area contributed by atoms with Crippen LogP contribution in [-0.2, 0) is 0 Å². The van der Waals surface area contributed by atoms with Crippen molar-refractivity contribution in [3.8, 4) is 0 Å². The first-order valence-electron chi connectivity index (χ1n) is 4.89. The van der Waals surface area contributed by atoms with Gasteiger partial charge in [-0.1, -0.05) is 18.5 Å². The van der Waals surface area contributed by atoms with Gasteiger partial charge in [-0.25, -0.2) is 0 Å². The lowest BCUT2D eigenvalue weighted by Gasteiger charge is -2.01. The van der Waals surface area contributed by atoms with Gasteiger partial charge in [0.1, 0.15) is 5.84 Å². The number of rotatable bonds is 5. The summed E-state index contributed by atoms with van der Waals surface area (Å²) in [5, 5.41) is 0.756. The molecule has 1 aromatic carbocycles. The van der Waals surface area contributed by atoms with E-state index in [0.717, 1.165) is 28.6 Å². The third-order valence-electron chi connectivity index (χ3n) is 1.74. The van der Waals surface area contributed by atoms with Crippen LogP contribution in [0.15, 0.2) is 34.2 Å². The van der Waals surface area contributed by atoms with Crippen LogP contribution in [0.3, 0.4) is 0 Å². The molecule has 1 rings (SSSR count). The Labute approximate surface area is 99.9 Å². The zero-order chi connectivity index (χ0) is 11.1. The molecule has 2 N–H and O–H groups in total. The molecular formula is C11H15ClN2S. The van der Waals surface area contributed by atoms with Crippen molar-refractivity contribution in [1.82, 2.24) is 0 Å². The Morgan fingerprint density at radius 3 is 2.67 bits per heavy atom. The van der Waals surface area contributed by atoms with Crippen LogP contribution in [0, 0.1) is 0 Å². The van der Waals surface area contributed by atoms with Crippen molar-refractivity contribution in [2.45, 2.75) is 18.2 Å². The standard InChI is InChI=1S/C11H15ClN2S/c1-2-7-14-11(13)8-15-10-5-3-9(12)4-6-10/h3-6H,2,7-8H2,1H3,(H2,13,14). The number of nitrogens with zero attached hydrogens (tertiary/aromatic N) is 1. The molecule has 0 spiro atoms. The number of amidine groups is 1. The lowest BCUT2D eigenvalue weighted by atomic mass is 10.4. The van der Waals surface area contributed by atoms with Gasteiger partial charge >= 0.3 is 0 Å². The Hall–Kier alpha value is -0.670. The van der Waals surface area contributed by atoms with Gasteiger partial charge in [0, 0.05) is 16.5 Å². The summed E-state index contributed by atoms with van der Waals surface area (Å²) in [7, 11) is 0. The van der Waals surface area contributed by atoms with Gasteiger partial charge in [-0.3, -0.25) is 4.99 Å². The maximum absolute atomic E-state index is 5.79. The predicted molar refractivity (Wildman–Crippen MR) is 69.0 cm³/mol. The van der Waals surface area contributed by atoms with Crippen molar-refractivity contribution in [3.63, 3.8) is 0 Å². The van der Waals surface area contributed by atoms with Gasteiger partial charge in [0.2, 0.25) is 0 Å². The van der Waals surface area contributed by atoms with E-state index in [-0.39, 0.29) is 0 Å². The molecule has 0 amide bonds. The molecule has 0 unspecified atom stereocenters. The minimum absolute atomic E-state index is 0.705. The SMILES string of the molecule is CCCN=C(N)CSc1ccc(Cl)cc1. The van der Waals surface area contributed by atoms with Crippen LogP contribution in [0.1, 0.15) is 13.3 Å². The number of hydrogen-bond acceptors (Lipinski definition) is 2. The van der Waals surface area contributed by atoms with Gasteiger partial charge in [0.05, 0.1) is 5.75 Å². The molecule has 0 aromatic heterocycles. The summed E-state index contributed by atoms with van der Waals surface area (Å²) in [5.41, 5.74) is 5.74. The van der Waals surface area contributed by atoms with Crippen molar-refractivity contribution < 1.29 is 0 Å². The molecule has 0 heterocycles. The summed E-state index contributed by atoms with van der Waals surface area (Å²) in [5.74, 6) is 1.44. The van der Waals surface area contributed by atoms with Crippen molar-refractivity contribution >= 4 is 29.2 Å². The van der Waals surface area contributed by atoms with Crippen LogP contribution in [0.25, 0.3) is 0 Å². The first-order valence-corrected chi connectivity index (χ1v) is 6.26. The number of thioether (sulfide) groups is 1. The normalized spacial score (nSPS) is 11.7. The van der Waals surface area contributed by atoms with Gasteiger partial charge in [-0.05, 0) is 30.7 Å². The summed E-state index contributed by atoms with van der Waals surface area (Å²) < 4.78 is 0. The quantitative estimate of drug-likeness (QED) is 0.489. The molecule has 0 fully saturated rings. The molecule has 82 valence electrons. The second-order valence-corrected chi connectivity index (χ2v) is 4.60. The molecule has 0 aliphatic rings. The van der Waals surface area contributed by atoms with E-state index >= 15 is 0 Å². The monoisotopic (exact) mass is 242 g/mol. The average molecular weight is 243 g/mol. The molecule has 1 aromatic rings. The summed E-state index contributed by atoms with van der Waals surface area (Å²) >= 11 is 7.46. The Morgan fingerprint density at radius 2 is 2.07 bits per heavy atom. The first-order chi connectivity index (χ1) is 7.22. The van der Waals surface area contributed by atoms with Gasteiger partial charge in [0.25, 0.3) is 0 Å². The number of halogens is 1. The highest BCUT2D eigenvalue weighted by Gasteiger charge is 1.96. The second kappa shape index (κ2) is 6.75. The largest absolute Gasteiger partial charge is 0.387 e. The van der Waals surface area contributed by atoms with Gasteiger partial charge in [-0.2, -0.15) is 0 Å². The fraction of sp³-hybridized carbons (Fsp3) is 0.364. The lowest BCUT2D eigenvalue weighted by molar-refractivity contribution is 0.929. The molecule has 15 heavy (non-hydrogen) atoms. The topological polar surface area (TPSA) is 38.4 Å². The fourth-order valence-corrected chi connectivity index (χ4v) is 1.85. The van der Waals surface area contributed by atoms with E-state index in [1.54, 1.807) is 11.8 Å². The molecule has 0 saturated carbocycles. The minimum Gasteiger partial charge on any atom is -0.387 e. The lowest BCUT2D eigenvalue weighted by Crippen LogP contribution is -2.15. The minimum atomic E-state index is 0.705. The number of benzene rings is 1. The van der Waals surface area contributed by atoms with Crippen LogP contribution in [0.2, 0.25) is 5.02 Å². The van der Waals surface area contributed by atoms with Crippen LogP contribution >= 0.6 is 23.4 Å². The molecule has 2 nitrogen and oxygen atoms in total. The number of nitrogens with two attached hydrogens (primary N) is 1. The average Bonchev–Trinajstić information content (AvgIpc) is 2.25. The predicted octanol–water partition coefficient (Wildman–Crippen LogP) is 3.20. The van der Waals surface area contributed by atoms with E-state index in [9.17, 15) is 0 Å². The zero-order valence-corrected chi connectivity index (χ0v) is 10.3. The first kappa shape index (κ1) is 12.4. The van der Waals surface area contributed by atoms with Crippen molar-refractivity contribution in [1.29, 1.82) is 0 Å². The maximum atomic E-state index is 5.79. The summed E-state index contributed by atoms with van der Waals surface area (Å²) in [4.78, 5) is 5.38. The van der Waals surface area contributed by atoms with Crippen LogP contribution < -0.4 is 5.73 Å². The highest BCUT2D eigenvalue weighted by Crippen LogP contribution is 2.19. The van der Waals surface area contributed by atoms with E-state index in [0.29, 0.717) is 5.84 Å². The highest BCUT2D eigenvalue weighted by molar-refractivity contribution is 8.00. The van der Waals surface area contributed by atoms with Crippen LogP contribution in [0.4, 0.5) is 0 Å². The molecule has 0 bridgehead atoms. The smallest absolute Gasteiger partial charge is 0.104 e. The summed E-state index contributed by atoms with van der Waals surface area (Å²) in [6.07, 6.45) is 1.03. The van der Waals surface area contributed by atoms with Crippen molar-refractivity contribution in [2.75, 3.05) is 12.3 Å². The third kappa shape index (κ3) is 5.09. The number of aliphatic imine (C=N–C) groups is 1. The zero-order valence-electron chi connectivity index (χ0n) is 8.74. The molecule has 0 saturated heterocycles. The van der Waals surface area contributed by atoms with Crippen LogP contribution in [0.5, 0.6) is 0 Å².